The Balaban J connectivity index is 1.53. The molecule has 26 heavy (non-hydrogen) atoms. The van der Waals surface area contributed by atoms with Crippen molar-refractivity contribution in [2.24, 2.45) is 0 Å². The molecule has 0 unspecified atom stereocenters. The third-order valence-electron chi connectivity index (χ3n) is 4.08. The van der Waals surface area contributed by atoms with Crippen LogP contribution in [0.25, 0.3) is 11.0 Å². The van der Waals surface area contributed by atoms with E-state index in [0.29, 0.717) is 23.7 Å². The van der Waals surface area contributed by atoms with E-state index in [4.69, 9.17) is 4.42 Å². The van der Waals surface area contributed by atoms with Gasteiger partial charge in [0, 0.05) is 40.1 Å². The Labute approximate surface area is 158 Å². The van der Waals surface area contributed by atoms with Gasteiger partial charge in [0.05, 0.1) is 6.54 Å². The molecule has 1 aromatic carbocycles. The van der Waals surface area contributed by atoms with E-state index in [1.54, 1.807) is 23.1 Å². The highest BCUT2D eigenvalue weighted by atomic mass is 79.9. The van der Waals surface area contributed by atoms with Crippen LogP contribution in [0.2, 0.25) is 0 Å². The van der Waals surface area contributed by atoms with E-state index >= 15 is 0 Å². The second kappa shape index (κ2) is 6.76. The number of amides is 1. The Bertz CT molecular complexity index is 1090. The zero-order chi connectivity index (χ0) is 18.1. The number of aromatic nitrogens is 3. The number of rotatable bonds is 4. The van der Waals surface area contributed by atoms with Gasteiger partial charge in [-0.25, -0.2) is 0 Å². The van der Waals surface area contributed by atoms with Gasteiger partial charge in [-0.1, -0.05) is 15.9 Å². The van der Waals surface area contributed by atoms with Crippen LogP contribution >= 0.6 is 15.9 Å². The maximum absolute atomic E-state index is 12.6. The number of carbonyl (C=O) groups excluding carboxylic acids is 1. The number of benzene rings is 1. The molecule has 130 valence electrons. The predicted octanol–water partition coefficient (Wildman–Crippen LogP) is 4.40. The van der Waals surface area contributed by atoms with Gasteiger partial charge in [-0.15, -0.1) is 0 Å². The van der Waals surface area contributed by atoms with Gasteiger partial charge in [0.25, 0.3) is 5.91 Å². The van der Waals surface area contributed by atoms with Crippen LogP contribution in [0.5, 0.6) is 0 Å². The van der Waals surface area contributed by atoms with Crippen LogP contribution in [0.4, 0.5) is 5.82 Å². The van der Waals surface area contributed by atoms with E-state index in [0.717, 1.165) is 21.0 Å². The summed E-state index contributed by atoms with van der Waals surface area (Å²) in [4.78, 5) is 16.6. The van der Waals surface area contributed by atoms with Gasteiger partial charge in [-0.2, -0.15) is 5.10 Å². The van der Waals surface area contributed by atoms with Gasteiger partial charge in [0.2, 0.25) is 0 Å². The first kappa shape index (κ1) is 16.5. The van der Waals surface area contributed by atoms with E-state index < -0.39 is 0 Å². The monoisotopic (exact) mass is 410 g/mol. The molecule has 4 aromatic rings. The van der Waals surface area contributed by atoms with Crippen molar-refractivity contribution < 1.29 is 9.21 Å². The van der Waals surface area contributed by atoms with Crippen molar-refractivity contribution in [1.82, 2.24) is 14.8 Å². The molecule has 0 bridgehead atoms. The zero-order valence-electron chi connectivity index (χ0n) is 13.9. The number of halogens is 1. The molecular formula is C19H15BrN4O2. The largest absolute Gasteiger partial charge is 0.451 e. The molecule has 4 rings (SSSR count). The predicted molar refractivity (Wildman–Crippen MR) is 102 cm³/mol. The topological polar surface area (TPSA) is 73.0 Å². The third kappa shape index (κ3) is 3.25. The molecule has 7 heteroatoms. The quantitative estimate of drug-likeness (QED) is 0.541. The number of nitrogens with zero attached hydrogens (tertiary/aromatic N) is 3. The summed E-state index contributed by atoms with van der Waals surface area (Å²) < 4.78 is 8.41. The maximum atomic E-state index is 12.6. The third-order valence-corrected chi connectivity index (χ3v) is 4.57. The molecule has 0 saturated carbocycles. The Kier molecular flexibility index (Phi) is 4.30. The summed E-state index contributed by atoms with van der Waals surface area (Å²) in [5, 5.41) is 8.09. The van der Waals surface area contributed by atoms with Crippen LogP contribution in [-0.2, 0) is 6.54 Å². The minimum absolute atomic E-state index is 0.293. The molecular weight excluding hydrogens is 396 g/mol. The summed E-state index contributed by atoms with van der Waals surface area (Å²) in [5.41, 5.74) is 2.56. The minimum Gasteiger partial charge on any atom is -0.451 e. The minimum atomic E-state index is -0.316. The lowest BCUT2D eigenvalue weighted by Gasteiger charge is -2.02. The lowest BCUT2D eigenvalue weighted by Crippen LogP contribution is -2.13. The molecule has 3 heterocycles. The summed E-state index contributed by atoms with van der Waals surface area (Å²) >= 11 is 3.44. The maximum Gasteiger partial charge on any atom is 0.292 e. The van der Waals surface area contributed by atoms with Crippen molar-refractivity contribution in [3.05, 3.63) is 76.3 Å². The summed E-state index contributed by atoms with van der Waals surface area (Å²) in [6.45, 7) is 2.48. The van der Waals surface area contributed by atoms with E-state index in [2.05, 4.69) is 31.3 Å². The standard InChI is InChI=1S/C19H15BrN4O2/c1-12-15-10-14(20)2-3-16(15)26-18(12)19(25)22-17-6-9-24(23-17)11-13-4-7-21-8-5-13/h2-10H,11H2,1H3,(H,22,23,25). The first-order valence-electron chi connectivity index (χ1n) is 8.02. The molecule has 0 fully saturated rings. The lowest BCUT2D eigenvalue weighted by atomic mass is 10.1. The zero-order valence-corrected chi connectivity index (χ0v) is 15.5. The van der Waals surface area contributed by atoms with Crippen molar-refractivity contribution in [2.75, 3.05) is 5.32 Å². The summed E-state index contributed by atoms with van der Waals surface area (Å²) in [5.74, 6) is 0.455. The van der Waals surface area contributed by atoms with Crippen molar-refractivity contribution >= 4 is 38.6 Å². The van der Waals surface area contributed by atoms with Gasteiger partial charge >= 0.3 is 0 Å². The van der Waals surface area contributed by atoms with E-state index in [9.17, 15) is 4.79 Å². The molecule has 0 radical (unpaired) electrons. The van der Waals surface area contributed by atoms with Crippen molar-refractivity contribution in [1.29, 1.82) is 0 Å². The first-order chi connectivity index (χ1) is 12.6. The van der Waals surface area contributed by atoms with Gasteiger partial charge < -0.3 is 9.73 Å². The van der Waals surface area contributed by atoms with Crippen molar-refractivity contribution in [2.45, 2.75) is 13.5 Å². The van der Waals surface area contributed by atoms with Gasteiger partial charge in [-0.3, -0.25) is 14.5 Å². The van der Waals surface area contributed by atoms with Gasteiger partial charge in [-0.05, 0) is 42.8 Å². The number of hydrogen-bond donors (Lipinski definition) is 1. The van der Waals surface area contributed by atoms with Crippen molar-refractivity contribution in [3.63, 3.8) is 0 Å². The van der Waals surface area contributed by atoms with Crippen LogP contribution in [-0.4, -0.2) is 20.7 Å². The molecule has 0 aliphatic heterocycles. The summed E-state index contributed by atoms with van der Waals surface area (Å²) in [6, 6.07) is 11.3. The SMILES string of the molecule is Cc1c(C(=O)Nc2ccn(Cc3ccncc3)n2)oc2ccc(Br)cc12. The smallest absolute Gasteiger partial charge is 0.292 e. The Morgan fingerprint density at radius 1 is 1.23 bits per heavy atom. The number of aryl methyl sites for hydroxylation is 1. The van der Waals surface area contributed by atoms with Crippen LogP contribution in [0.1, 0.15) is 21.7 Å². The fourth-order valence-corrected chi connectivity index (χ4v) is 3.14. The fraction of sp³-hybridized carbons (Fsp3) is 0.105. The number of hydrogen-bond acceptors (Lipinski definition) is 4. The Hall–Kier alpha value is -2.93. The van der Waals surface area contributed by atoms with Crippen molar-refractivity contribution in [3.8, 4) is 0 Å². The first-order valence-corrected chi connectivity index (χ1v) is 8.82. The normalized spacial score (nSPS) is 11.0. The van der Waals surface area contributed by atoms with Crippen LogP contribution < -0.4 is 5.32 Å². The second-order valence-electron chi connectivity index (χ2n) is 5.90. The van der Waals surface area contributed by atoms with Crippen LogP contribution in [0.3, 0.4) is 0 Å². The molecule has 1 N–H and O–H groups in total. The highest BCUT2D eigenvalue weighted by molar-refractivity contribution is 9.10. The number of carbonyl (C=O) groups is 1. The highest BCUT2D eigenvalue weighted by Crippen LogP contribution is 2.28. The number of furan rings is 1. The van der Waals surface area contributed by atoms with E-state index in [-0.39, 0.29) is 5.91 Å². The average molecular weight is 411 g/mol. The van der Waals surface area contributed by atoms with Crippen LogP contribution in [0, 0.1) is 6.92 Å². The van der Waals surface area contributed by atoms with E-state index in [1.165, 1.54) is 0 Å². The molecule has 0 aliphatic carbocycles. The average Bonchev–Trinajstić information content (AvgIpc) is 3.20. The fourth-order valence-electron chi connectivity index (χ4n) is 2.77. The summed E-state index contributed by atoms with van der Waals surface area (Å²) in [6.07, 6.45) is 5.30. The van der Waals surface area contributed by atoms with Gasteiger partial charge in [0.15, 0.2) is 11.6 Å². The molecule has 3 aromatic heterocycles. The lowest BCUT2D eigenvalue weighted by molar-refractivity contribution is 0.0997. The second-order valence-corrected chi connectivity index (χ2v) is 6.82. The number of fused-ring (bicyclic) bond motifs is 1. The van der Waals surface area contributed by atoms with Crippen LogP contribution in [0.15, 0.2) is 63.9 Å². The highest BCUT2D eigenvalue weighted by Gasteiger charge is 2.18. The number of nitrogens with one attached hydrogen (secondary N) is 1. The van der Waals surface area contributed by atoms with E-state index in [1.807, 2.05) is 43.5 Å². The molecule has 0 spiro atoms. The molecule has 0 saturated heterocycles. The molecule has 0 aliphatic rings. The Morgan fingerprint density at radius 2 is 2.04 bits per heavy atom. The molecule has 6 nitrogen and oxygen atoms in total. The number of pyridine rings is 1. The van der Waals surface area contributed by atoms with Gasteiger partial charge in [0.1, 0.15) is 5.58 Å². The molecule has 1 amide bonds. The Morgan fingerprint density at radius 3 is 2.85 bits per heavy atom. The molecule has 0 atom stereocenters. The summed E-state index contributed by atoms with van der Waals surface area (Å²) in [7, 11) is 0. The number of anilines is 1.